The minimum atomic E-state index is -3.02. The summed E-state index contributed by atoms with van der Waals surface area (Å²) in [5.41, 5.74) is 0. The number of nitrogens with one attached hydrogen (secondary N) is 1. The third-order valence-electron chi connectivity index (χ3n) is 4.68. The molecule has 0 aromatic carbocycles. The van der Waals surface area contributed by atoms with Crippen LogP contribution in [0.1, 0.15) is 29.4 Å². The number of carbonyl (C=O) groups is 1. The summed E-state index contributed by atoms with van der Waals surface area (Å²) < 4.78 is 24.7. The Kier molecular flexibility index (Phi) is 4.56. The van der Waals surface area contributed by atoms with Gasteiger partial charge in [-0.15, -0.1) is 11.3 Å². The monoisotopic (exact) mass is 342 g/mol. The largest absolute Gasteiger partial charge is 0.348 e. The van der Waals surface area contributed by atoms with Crippen LogP contribution in [0.4, 0.5) is 0 Å². The summed E-state index contributed by atoms with van der Waals surface area (Å²) >= 11 is 1.41. The van der Waals surface area contributed by atoms with E-state index in [1.54, 1.807) is 6.07 Å². The Hall–Kier alpha value is -0.920. The van der Waals surface area contributed by atoms with Crippen molar-refractivity contribution in [3.8, 4) is 0 Å². The van der Waals surface area contributed by atoms with E-state index in [2.05, 4.69) is 17.1 Å². The fourth-order valence-electron chi connectivity index (χ4n) is 3.63. The van der Waals surface area contributed by atoms with Crippen LogP contribution in [-0.4, -0.2) is 55.9 Å². The molecule has 0 aliphatic carbocycles. The van der Waals surface area contributed by atoms with E-state index in [0.29, 0.717) is 17.8 Å². The molecule has 0 spiro atoms. The number of sulfone groups is 1. The molecule has 1 amide bonds. The van der Waals surface area contributed by atoms with Crippen LogP contribution in [0.2, 0.25) is 0 Å². The molecule has 2 fully saturated rings. The second-order valence-electron chi connectivity index (χ2n) is 6.17. The zero-order chi connectivity index (χ0) is 15.7. The number of hydrogen-bond acceptors (Lipinski definition) is 5. The molecule has 3 atom stereocenters. The highest BCUT2D eigenvalue weighted by atomic mass is 32.2. The molecule has 1 N–H and O–H groups in total. The number of likely N-dealkylation sites (tertiary alicyclic amines) is 1. The third kappa shape index (κ3) is 3.07. The van der Waals surface area contributed by atoms with Crippen molar-refractivity contribution >= 4 is 27.1 Å². The van der Waals surface area contributed by atoms with Crippen molar-refractivity contribution in [2.24, 2.45) is 5.92 Å². The molecule has 3 rings (SSSR count). The molecule has 1 aromatic heterocycles. The van der Waals surface area contributed by atoms with E-state index in [4.69, 9.17) is 0 Å². The van der Waals surface area contributed by atoms with Crippen LogP contribution in [0.15, 0.2) is 17.5 Å². The maximum Gasteiger partial charge on any atom is 0.261 e. The summed E-state index contributed by atoms with van der Waals surface area (Å²) in [5, 5.41) is 4.63. The van der Waals surface area contributed by atoms with Crippen LogP contribution in [0, 0.1) is 5.92 Å². The van der Waals surface area contributed by atoms with Crippen molar-refractivity contribution in [2.45, 2.75) is 31.1 Å². The normalized spacial score (nSPS) is 30.9. The fourth-order valence-corrected chi connectivity index (χ4v) is 6.39. The lowest BCUT2D eigenvalue weighted by Crippen LogP contribution is -2.51. The van der Waals surface area contributed by atoms with Crippen molar-refractivity contribution in [3.63, 3.8) is 0 Å². The average molecular weight is 342 g/mol. The number of amides is 1. The molecule has 0 unspecified atom stereocenters. The number of fused-ring (bicyclic) bond motifs is 1. The molecule has 1 aromatic rings. The van der Waals surface area contributed by atoms with Gasteiger partial charge in [-0.25, -0.2) is 8.42 Å². The van der Waals surface area contributed by atoms with Gasteiger partial charge in [0, 0.05) is 25.0 Å². The lowest BCUT2D eigenvalue weighted by Gasteiger charge is -2.33. The van der Waals surface area contributed by atoms with Crippen molar-refractivity contribution in [1.29, 1.82) is 0 Å². The molecule has 2 aliphatic rings. The minimum absolute atomic E-state index is 0.0224. The van der Waals surface area contributed by atoms with Crippen molar-refractivity contribution in [2.75, 3.05) is 25.4 Å². The van der Waals surface area contributed by atoms with Crippen LogP contribution in [0.3, 0.4) is 0 Å². The number of thiophene rings is 1. The quantitative estimate of drug-likeness (QED) is 0.898. The summed E-state index contributed by atoms with van der Waals surface area (Å²) in [5.74, 6) is 0.130. The first-order valence-corrected chi connectivity index (χ1v) is 10.4. The van der Waals surface area contributed by atoms with Gasteiger partial charge in [-0.3, -0.25) is 4.79 Å². The Bertz CT molecular complexity index is 627. The minimum Gasteiger partial charge on any atom is -0.348 e. The third-order valence-corrected chi connectivity index (χ3v) is 7.77. The molecular weight excluding hydrogens is 320 g/mol. The maximum atomic E-state index is 12.3. The lowest BCUT2D eigenvalue weighted by atomic mass is 9.95. The summed E-state index contributed by atoms with van der Waals surface area (Å²) in [6, 6.07) is 3.62. The van der Waals surface area contributed by atoms with Crippen molar-refractivity contribution in [3.05, 3.63) is 22.4 Å². The Morgan fingerprint density at radius 2 is 2.27 bits per heavy atom. The molecule has 122 valence electrons. The van der Waals surface area contributed by atoms with Crippen LogP contribution < -0.4 is 5.32 Å². The van der Waals surface area contributed by atoms with Gasteiger partial charge in [0.25, 0.3) is 5.91 Å². The van der Waals surface area contributed by atoms with E-state index >= 15 is 0 Å². The highest BCUT2D eigenvalue weighted by Crippen LogP contribution is 2.33. The van der Waals surface area contributed by atoms with Crippen molar-refractivity contribution in [1.82, 2.24) is 10.2 Å². The van der Waals surface area contributed by atoms with Crippen molar-refractivity contribution < 1.29 is 13.2 Å². The van der Waals surface area contributed by atoms with Gasteiger partial charge in [0.2, 0.25) is 0 Å². The van der Waals surface area contributed by atoms with Gasteiger partial charge in [-0.1, -0.05) is 13.0 Å². The highest BCUT2D eigenvalue weighted by molar-refractivity contribution is 7.92. The predicted octanol–water partition coefficient (Wildman–Crippen LogP) is 1.38. The van der Waals surface area contributed by atoms with Gasteiger partial charge in [0.05, 0.1) is 15.9 Å². The van der Waals surface area contributed by atoms with E-state index in [1.807, 2.05) is 11.4 Å². The second-order valence-corrected chi connectivity index (χ2v) is 9.46. The number of hydrogen-bond donors (Lipinski definition) is 1. The Morgan fingerprint density at radius 1 is 1.45 bits per heavy atom. The summed E-state index contributed by atoms with van der Waals surface area (Å²) in [7, 11) is -3.02. The standard InChI is InChI=1S/C15H22N2O3S2/c1-2-6-17-9-11-12(5-8-22(19,20)14(11)10-17)16-15(18)13-4-3-7-21-13/h3-4,7,11-12,14H,2,5-6,8-10H2,1H3,(H,16,18)/t11-,12-,14-/m1/s1. The molecular formula is C15H22N2O3S2. The van der Waals surface area contributed by atoms with Crippen LogP contribution in [-0.2, 0) is 9.84 Å². The Morgan fingerprint density at radius 3 is 2.95 bits per heavy atom. The number of nitrogens with zero attached hydrogens (tertiary/aromatic N) is 1. The molecule has 5 nitrogen and oxygen atoms in total. The smallest absolute Gasteiger partial charge is 0.261 e. The van der Waals surface area contributed by atoms with E-state index in [9.17, 15) is 13.2 Å². The first-order valence-electron chi connectivity index (χ1n) is 7.79. The van der Waals surface area contributed by atoms with Crippen LogP contribution >= 0.6 is 11.3 Å². The number of rotatable bonds is 4. The van der Waals surface area contributed by atoms with E-state index in [1.165, 1.54) is 11.3 Å². The Labute approximate surface area is 135 Å². The molecule has 0 bridgehead atoms. The summed E-state index contributed by atoms with van der Waals surface area (Å²) in [6.45, 7) is 4.42. The zero-order valence-electron chi connectivity index (χ0n) is 12.7. The van der Waals surface area contributed by atoms with E-state index < -0.39 is 9.84 Å². The van der Waals surface area contributed by atoms with Gasteiger partial charge >= 0.3 is 0 Å². The fraction of sp³-hybridized carbons (Fsp3) is 0.667. The summed E-state index contributed by atoms with van der Waals surface area (Å²) in [4.78, 5) is 15.2. The van der Waals surface area contributed by atoms with E-state index in [-0.39, 0.29) is 28.9 Å². The first-order chi connectivity index (χ1) is 10.5. The molecule has 0 radical (unpaired) electrons. The molecule has 0 saturated carbocycles. The maximum absolute atomic E-state index is 12.3. The highest BCUT2D eigenvalue weighted by Gasteiger charge is 2.48. The second kappa shape index (κ2) is 6.29. The van der Waals surface area contributed by atoms with Crippen LogP contribution in [0.5, 0.6) is 0 Å². The molecule has 2 saturated heterocycles. The molecule has 7 heteroatoms. The number of carbonyl (C=O) groups excluding carboxylic acids is 1. The van der Waals surface area contributed by atoms with Gasteiger partial charge < -0.3 is 10.2 Å². The molecule has 22 heavy (non-hydrogen) atoms. The first kappa shape index (κ1) is 16.0. The van der Waals surface area contributed by atoms with Gasteiger partial charge in [0.1, 0.15) is 0 Å². The molecule has 2 aliphatic heterocycles. The predicted molar refractivity (Wildman–Crippen MR) is 88.0 cm³/mol. The van der Waals surface area contributed by atoms with Gasteiger partial charge in [-0.05, 0) is 30.8 Å². The Balaban J connectivity index is 1.74. The average Bonchev–Trinajstić information content (AvgIpc) is 3.12. The van der Waals surface area contributed by atoms with Gasteiger partial charge in [-0.2, -0.15) is 0 Å². The zero-order valence-corrected chi connectivity index (χ0v) is 14.3. The SMILES string of the molecule is CCCN1C[C@H]2[C@@H](C1)S(=O)(=O)CC[C@H]2NC(=O)c1cccs1. The topological polar surface area (TPSA) is 66.5 Å². The molecule has 3 heterocycles. The summed E-state index contributed by atoms with van der Waals surface area (Å²) in [6.07, 6.45) is 1.55. The van der Waals surface area contributed by atoms with Gasteiger partial charge in [0.15, 0.2) is 9.84 Å². The lowest BCUT2D eigenvalue weighted by molar-refractivity contribution is 0.0923. The van der Waals surface area contributed by atoms with E-state index in [0.717, 1.165) is 19.5 Å². The van der Waals surface area contributed by atoms with Crippen LogP contribution in [0.25, 0.3) is 0 Å².